The topological polar surface area (TPSA) is 133 Å². The molecule has 0 aromatic heterocycles. The van der Waals surface area contributed by atoms with Gasteiger partial charge in [0.15, 0.2) is 5.28 Å². The number of sulfone groups is 1. The van der Waals surface area contributed by atoms with Crippen molar-refractivity contribution in [2.24, 2.45) is 0 Å². The predicted octanol–water partition coefficient (Wildman–Crippen LogP) is 5.27. The Kier molecular flexibility index (Phi) is 7.92. The van der Waals surface area contributed by atoms with E-state index in [1.807, 2.05) is 0 Å². The molecule has 200 valence electrons. The monoisotopic (exact) mass is 659 g/mol. The van der Waals surface area contributed by atoms with Crippen molar-refractivity contribution in [2.75, 3.05) is 14.2 Å². The Morgan fingerprint density at radius 2 is 1.42 bits per heavy atom. The van der Waals surface area contributed by atoms with Crippen LogP contribution in [0.4, 0.5) is 0 Å². The highest BCUT2D eigenvalue weighted by molar-refractivity contribution is 9.10. The summed E-state index contributed by atoms with van der Waals surface area (Å²) in [6, 6.07) is 16.2. The van der Waals surface area contributed by atoms with E-state index in [0.29, 0.717) is 4.47 Å². The molecule has 3 aromatic rings. The Morgan fingerprint density at radius 3 is 2.00 bits per heavy atom. The molecule has 9 nitrogen and oxygen atoms in total. The summed E-state index contributed by atoms with van der Waals surface area (Å²) in [5.74, 6) is -0.923. The van der Waals surface area contributed by atoms with E-state index < -0.39 is 43.4 Å². The van der Waals surface area contributed by atoms with E-state index in [0.717, 1.165) is 20.3 Å². The Bertz CT molecular complexity index is 1700. The third-order valence-corrected chi connectivity index (χ3v) is 12.4. The van der Waals surface area contributed by atoms with Crippen molar-refractivity contribution in [3.8, 4) is 0 Å². The molecule has 38 heavy (non-hydrogen) atoms. The molecule has 0 spiro atoms. The number of rotatable bonds is 8. The number of benzene rings is 3. The maximum absolute atomic E-state index is 14.2. The van der Waals surface area contributed by atoms with Gasteiger partial charge in [-0.15, -0.1) is 0 Å². The minimum atomic E-state index is -4.59. The van der Waals surface area contributed by atoms with Crippen molar-refractivity contribution in [2.45, 2.75) is 15.1 Å². The molecular weight excluding hydrogens is 641 g/mol. The van der Waals surface area contributed by atoms with E-state index in [2.05, 4.69) is 20.7 Å². The van der Waals surface area contributed by atoms with Crippen LogP contribution in [0.5, 0.6) is 0 Å². The summed E-state index contributed by atoms with van der Waals surface area (Å²) in [7, 11) is -11.6. The molecule has 0 radical (unpaired) electrons. The molecule has 14 heteroatoms. The highest BCUT2D eigenvalue weighted by atomic mass is 79.9. The molecule has 1 N–H and O–H groups in total. The van der Waals surface area contributed by atoms with Crippen molar-refractivity contribution in [1.82, 2.24) is 4.72 Å². The Balaban J connectivity index is 2.07. The SMILES string of the molecule is COP(=O)(OC)C1(NS(=O)(=O)c2ccc(Br)cc2)C=C(S(=O)(=O)c2ccc(Cl)cc2)C(=O)c2ccccc21. The van der Waals surface area contributed by atoms with E-state index >= 15 is 0 Å². The zero-order valence-corrected chi connectivity index (χ0v) is 24.7. The second-order valence-corrected chi connectivity index (χ2v) is 15.4. The number of nitrogens with one attached hydrogen (secondary N) is 1. The summed E-state index contributed by atoms with van der Waals surface area (Å²) in [5, 5.41) is -2.18. The molecule has 0 fully saturated rings. The lowest BCUT2D eigenvalue weighted by Crippen LogP contribution is -2.48. The summed E-state index contributed by atoms with van der Waals surface area (Å²) < 4.78 is 82.2. The van der Waals surface area contributed by atoms with E-state index in [4.69, 9.17) is 20.6 Å². The summed E-state index contributed by atoms with van der Waals surface area (Å²) >= 11 is 9.14. The molecule has 4 rings (SSSR count). The van der Waals surface area contributed by atoms with Crippen molar-refractivity contribution >= 4 is 60.8 Å². The summed E-state index contributed by atoms with van der Waals surface area (Å²) in [5.41, 5.74) is -0.303. The highest BCUT2D eigenvalue weighted by Crippen LogP contribution is 2.66. The first-order valence-electron chi connectivity index (χ1n) is 10.7. The molecule has 0 amide bonds. The van der Waals surface area contributed by atoms with E-state index in [9.17, 15) is 26.2 Å². The minimum absolute atomic E-state index is 0.104. The largest absolute Gasteiger partial charge is 0.359 e. The average molecular weight is 661 g/mol. The van der Waals surface area contributed by atoms with Gasteiger partial charge in [0.1, 0.15) is 4.91 Å². The molecular formula is C24H20BrClNO8PS2. The summed E-state index contributed by atoms with van der Waals surface area (Å²) in [6.07, 6.45) is 0.797. The van der Waals surface area contributed by atoms with Crippen molar-refractivity contribution in [3.05, 3.63) is 104 Å². The maximum atomic E-state index is 14.2. The standard InChI is InChI=1S/C24H20BrClNO8PS2/c1-34-36(29,35-2)24(27-38(32,33)19-11-7-16(25)8-12-19)15-22(23(28)20-5-3-4-6-21(20)24)37(30,31)18-13-9-17(26)10-14-18/h3-15,27H,1-2H3. The quantitative estimate of drug-likeness (QED) is 0.323. The number of sulfonamides is 1. The van der Waals surface area contributed by atoms with Crippen molar-refractivity contribution in [1.29, 1.82) is 0 Å². The van der Waals surface area contributed by atoms with Gasteiger partial charge in [-0.3, -0.25) is 9.36 Å². The van der Waals surface area contributed by atoms with Crippen LogP contribution in [0.15, 0.2) is 98.0 Å². The fraction of sp³-hybridized carbons (Fsp3) is 0.125. The Hall–Kier alpha value is -2.15. The number of carbonyl (C=O) groups excluding carboxylic acids is 1. The molecule has 1 atom stereocenters. The second-order valence-electron chi connectivity index (χ2n) is 8.03. The molecule has 0 saturated carbocycles. The van der Waals surface area contributed by atoms with E-state index in [1.54, 1.807) is 0 Å². The first-order valence-corrected chi connectivity index (χ1v) is 16.4. The predicted molar refractivity (Wildman–Crippen MR) is 145 cm³/mol. The number of ketones is 1. The number of Topliss-reactive ketones (excluding diaryl/α,β-unsaturated/α-hetero) is 1. The van der Waals surface area contributed by atoms with Crippen LogP contribution < -0.4 is 4.72 Å². The number of halogens is 2. The van der Waals surface area contributed by atoms with Gasteiger partial charge in [0, 0.05) is 34.8 Å². The van der Waals surface area contributed by atoms with Gasteiger partial charge in [0.2, 0.25) is 25.6 Å². The van der Waals surface area contributed by atoms with Crippen molar-refractivity contribution < 1.29 is 35.2 Å². The lowest BCUT2D eigenvalue weighted by molar-refractivity contribution is 0.103. The minimum Gasteiger partial charge on any atom is -0.310 e. The van der Waals surface area contributed by atoms with Gasteiger partial charge in [0.25, 0.3) is 0 Å². The van der Waals surface area contributed by atoms with Crippen LogP contribution in [-0.2, 0) is 38.8 Å². The average Bonchev–Trinajstić information content (AvgIpc) is 2.90. The van der Waals surface area contributed by atoms with Gasteiger partial charge >= 0.3 is 7.60 Å². The lowest BCUT2D eigenvalue weighted by atomic mass is 9.92. The fourth-order valence-electron chi connectivity index (χ4n) is 4.03. The number of hydrogen-bond donors (Lipinski definition) is 1. The number of fused-ring (bicyclic) bond motifs is 1. The Morgan fingerprint density at radius 1 is 0.868 bits per heavy atom. The van der Waals surface area contributed by atoms with Crippen LogP contribution in [0.2, 0.25) is 5.02 Å². The molecule has 1 aliphatic rings. The summed E-state index contributed by atoms with van der Waals surface area (Å²) in [6.45, 7) is 0. The number of allylic oxidation sites excluding steroid dienone is 1. The van der Waals surface area contributed by atoms with Gasteiger partial charge in [-0.25, -0.2) is 16.8 Å². The van der Waals surface area contributed by atoms with E-state index in [1.165, 1.54) is 72.8 Å². The first-order chi connectivity index (χ1) is 17.8. The van der Waals surface area contributed by atoms with Gasteiger partial charge in [0.05, 0.1) is 9.79 Å². The third-order valence-electron chi connectivity index (χ3n) is 5.89. The fourth-order valence-corrected chi connectivity index (χ4v) is 9.44. The van der Waals surface area contributed by atoms with Gasteiger partial charge in [-0.05, 0) is 54.6 Å². The summed E-state index contributed by atoms with van der Waals surface area (Å²) in [4.78, 5) is 12.2. The lowest BCUT2D eigenvalue weighted by Gasteiger charge is -2.39. The van der Waals surface area contributed by atoms with Crippen LogP contribution in [0, 0.1) is 0 Å². The van der Waals surface area contributed by atoms with Gasteiger partial charge in [-0.1, -0.05) is 51.8 Å². The van der Waals surface area contributed by atoms with E-state index in [-0.39, 0.29) is 25.9 Å². The van der Waals surface area contributed by atoms with Crippen LogP contribution in [-0.4, -0.2) is 36.8 Å². The number of hydrogen-bond acceptors (Lipinski definition) is 8. The van der Waals surface area contributed by atoms with Gasteiger partial charge in [-0.2, -0.15) is 4.72 Å². The smallest absolute Gasteiger partial charge is 0.310 e. The van der Waals surface area contributed by atoms with Crippen LogP contribution in [0.3, 0.4) is 0 Å². The molecule has 0 bridgehead atoms. The second kappa shape index (κ2) is 10.4. The van der Waals surface area contributed by atoms with Gasteiger partial charge < -0.3 is 9.05 Å². The normalized spacial score (nSPS) is 18.1. The maximum Gasteiger partial charge on any atom is 0.359 e. The molecule has 3 aromatic carbocycles. The molecule has 0 aliphatic heterocycles. The molecule has 0 heterocycles. The molecule has 1 unspecified atom stereocenters. The van der Waals surface area contributed by atoms with Crippen LogP contribution in [0.1, 0.15) is 15.9 Å². The third kappa shape index (κ3) is 4.84. The molecule has 1 aliphatic carbocycles. The molecule has 0 saturated heterocycles. The zero-order valence-electron chi connectivity index (χ0n) is 19.8. The van der Waals surface area contributed by atoms with Crippen molar-refractivity contribution in [3.63, 3.8) is 0 Å². The highest BCUT2D eigenvalue weighted by Gasteiger charge is 2.58. The number of carbonyl (C=O) groups is 1. The van der Waals surface area contributed by atoms with Crippen LogP contribution in [0.25, 0.3) is 0 Å². The first kappa shape index (κ1) is 28.8. The van der Waals surface area contributed by atoms with Crippen LogP contribution >= 0.6 is 35.1 Å². The Labute approximate surface area is 233 Å². The zero-order chi connectivity index (χ0) is 27.9.